The summed E-state index contributed by atoms with van der Waals surface area (Å²) < 4.78 is 13.4. The highest BCUT2D eigenvalue weighted by atomic mass is 19.1. The average Bonchev–Trinajstić information content (AvgIpc) is 2.45. The fourth-order valence-electron chi connectivity index (χ4n) is 2.27. The van der Waals surface area contributed by atoms with E-state index in [1.165, 1.54) is 11.6 Å². The van der Waals surface area contributed by atoms with E-state index in [-0.39, 0.29) is 5.46 Å². The van der Waals surface area contributed by atoms with Gasteiger partial charge in [-0.05, 0) is 42.2 Å². The smallest absolute Gasteiger partial charge is 0.423 e. The number of likely N-dealkylation sites (N-methyl/N-ethyl adjacent to an activating group) is 1. The van der Waals surface area contributed by atoms with E-state index < -0.39 is 12.9 Å². The number of halogens is 1. The fraction of sp³-hybridized carbons (Fsp3) is 0.250. The molecule has 5 heteroatoms. The summed E-state index contributed by atoms with van der Waals surface area (Å²) in [6.07, 6.45) is 0.919. The van der Waals surface area contributed by atoms with Gasteiger partial charge in [0.2, 0.25) is 0 Å². The van der Waals surface area contributed by atoms with Crippen LogP contribution in [-0.2, 0) is 13.0 Å². The zero-order valence-electron chi connectivity index (χ0n) is 12.0. The second-order valence-corrected chi connectivity index (χ2v) is 5.24. The number of rotatable bonds is 6. The Morgan fingerprint density at radius 1 is 1.05 bits per heavy atom. The second kappa shape index (κ2) is 7.36. The van der Waals surface area contributed by atoms with Crippen molar-refractivity contribution in [3.63, 3.8) is 0 Å². The van der Waals surface area contributed by atoms with Gasteiger partial charge in [0.05, 0.1) is 0 Å². The van der Waals surface area contributed by atoms with Crippen molar-refractivity contribution in [2.75, 3.05) is 13.6 Å². The van der Waals surface area contributed by atoms with Crippen LogP contribution in [0.1, 0.15) is 11.1 Å². The Kier molecular flexibility index (Phi) is 5.50. The van der Waals surface area contributed by atoms with Gasteiger partial charge in [0.25, 0.3) is 0 Å². The van der Waals surface area contributed by atoms with E-state index in [2.05, 4.69) is 17.0 Å². The van der Waals surface area contributed by atoms with Crippen LogP contribution in [0.3, 0.4) is 0 Å². The van der Waals surface area contributed by atoms with Gasteiger partial charge in [0.15, 0.2) is 0 Å². The van der Waals surface area contributed by atoms with Gasteiger partial charge < -0.3 is 14.9 Å². The van der Waals surface area contributed by atoms with Crippen molar-refractivity contribution in [2.24, 2.45) is 0 Å². The highest BCUT2D eigenvalue weighted by molar-refractivity contribution is 6.58. The summed E-state index contributed by atoms with van der Waals surface area (Å²) in [5, 5.41) is 18.3. The first-order valence-electron chi connectivity index (χ1n) is 6.92. The first kappa shape index (κ1) is 15.7. The largest absolute Gasteiger partial charge is 0.488 e. The molecule has 0 saturated heterocycles. The molecular weight excluding hydrogens is 268 g/mol. The maximum Gasteiger partial charge on any atom is 0.488 e. The van der Waals surface area contributed by atoms with Gasteiger partial charge >= 0.3 is 7.12 Å². The van der Waals surface area contributed by atoms with Gasteiger partial charge in [-0.1, -0.05) is 36.4 Å². The molecule has 2 aromatic carbocycles. The highest BCUT2D eigenvalue weighted by Crippen LogP contribution is 2.07. The Morgan fingerprint density at radius 2 is 1.76 bits per heavy atom. The fourth-order valence-corrected chi connectivity index (χ4v) is 2.27. The predicted molar refractivity (Wildman–Crippen MR) is 82.7 cm³/mol. The number of hydrogen-bond acceptors (Lipinski definition) is 3. The van der Waals surface area contributed by atoms with Gasteiger partial charge in [-0.25, -0.2) is 4.39 Å². The molecule has 0 aromatic heterocycles. The van der Waals surface area contributed by atoms with Gasteiger partial charge in [-0.3, -0.25) is 0 Å². The van der Waals surface area contributed by atoms with Crippen molar-refractivity contribution in [1.29, 1.82) is 0 Å². The zero-order chi connectivity index (χ0) is 15.2. The molecule has 0 aliphatic heterocycles. The Bertz CT molecular complexity index is 578. The van der Waals surface area contributed by atoms with Crippen molar-refractivity contribution in [2.45, 2.75) is 13.0 Å². The molecule has 0 radical (unpaired) electrons. The first-order valence-corrected chi connectivity index (χ1v) is 6.92. The van der Waals surface area contributed by atoms with Crippen molar-refractivity contribution in [3.8, 4) is 0 Å². The monoisotopic (exact) mass is 287 g/mol. The van der Waals surface area contributed by atoms with E-state index in [9.17, 15) is 4.39 Å². The molecule has 2 N–H and O–H groups in total. The molecular formula is C16H19BFNO2. The summed E-state index contributed by atoms with van der Waals surface area (Å²) in [4.78, 5) is 2.08. The Morgan fingerprint density at radius 3 is 2.43 bits per heavy atom. The van der Waals surface area contributed by atoms with Gasteiger partial charge in [-0.15, -0.1) is 0 Å². The lowest BCUT2D eigenvalue weighted by atomic mass is 9.79. The lowest BCUT2D eigenvalue weighted by molar-refractivity contribution is 0.330. The van der Waals surface area contributed by atoms with E-state index in [0.717, 1.165) is 24.6 Å². The maximum absolute atomic E-state index is 13.4. The standard InChI is InChI=1S/C16H19BFNO2/c1-19(8-7-13-5-3-2-4-6-13)12-14-9-15(17(20)21)11-16(18)10-14/h2-6,9-11,20-21H,7-8,12H2,1H3. The molecule has 110 valence electrons. The van der Waals surface area contributed by atoms with Gasteiger partial charge in [0, 0.05) is 13.1 Å². The van der Waals surface area contributed by atoms with Crippen molar-refractivity contribution in [3.05, 3.63) is 65.5 Å². The molecule has 0 spiro atoms. The molecule has 3 nitrogen and oxygen atoms in total. The summed E-state index contributed by atoms with van der Waals surface area (Å²) in [5.41, 5.74) is 2.17. The van der Waals surface area contributed by atoms with Crippen LogP contribution in [0.25, 0.3) is 0 Å². The molecule has 2 rings (SSSR count). The molecule has 0 unspecified atom stereocenters. The van der Waals surface area contributed by atoms with Crippen LogP contribution in [0.2, 0.25) is 0 Å². The molecule has 0 fully saturated rings. The molecule has 0 aliphatic rings. The van der Waals surface area contributed by atoms with Crippen LogP contribution in [0, 0.1) is 5.82 Å². The average molecular weight is 287 g/mol. The van der Waals surface area contributed by atoms with E-state index in [4.69, 9.17) is 10.0 Å². The zero-order valence-corrected chi connectivity index (χ0v) is 12.0. The Hall–Kier alpha value is -1.69. The molecule has 21 heavy (non-hydrogen) atoms. The van der Waals surface area contributed by atoms with E-state index >= 15 is 0 Å². The minimum absolute atomic E-state index is 0.182. The van der Waals surface area contributed by atoms with Crippen LogP contribution >= 0.6 is 0 Å². The minimum Gasteiger partial charge on any atom is -0.423 e. The Balaban J connectivity index is 1.94. The molecule has 0 aliphatic carbocycles. The number of nitrogens with zero attached hydrogens (tertiary/aromatic N) is 1. The molecule has 0 atom stereocenters. The van der Waals surface area contributed by atoms with Crippen LogP contribution < -0.4 is 5.46 Å². The molecule has 0 heterocycles. The quantitative estimate of drug-likeness (QED) is 0.784. The lowest BCUT2D eigenvalue weighted by Gasteiger charge is -2.17. The summed E-state index contributed by atoms with van der Waals surface area (Å²) in [5.74, 6) is -0.452. The number of benzene rings is 2. The lowest BCUT2D eigenvalue weighted by Crippen LogP contribution is -2.31. The van der Waals surface area contributed by atoms with Crippen molar-refractivity contribution in [1.82, 2.24) is 4.90 Å². The summed E-state index contributed by atoms with van der Waals surface area (Å²) >= 11 is 0. The van der Waals surface area contributed by atoms with E-state index in [0.29, 0.717) is 6.54 Å². The van der Waals surface area contributed by atoms with E-state index in [1.54, 1.807) is 6.07 Å². The molecule has 0 saturated carbocycles. The van der Waals surface area contributed by atoms with Crippen LogP contribution in [0.5, 0.6) is 0 Å². The summed E-state index contributed by atoms with van der Waals surface area (Å²) in [6, 6.07) is 14.3. The second-order valence-electron chi connectivity index (χ2n) is 5.24. The normalized spacial score (nSPS) is 10.9. The van der Waals surface area contributed by atoms with Crippen molar-refractivity contribution >= 4 is 12.6 Å². The summed E-state index contributed by atoms with van der Waals surface area (Å²) in [7, 11) is 0.317. The highest BCUT2D eigenvalue weighted by Gasteiger charge is 2.13. The molecule has 0 amide bonds. The van der Waals surface area contributed by atoms with Crippen molar-refractivity contribution < 1.29 is 14.4 Å². The van der Waals surface area contributed by atoms with E-state index in [1.807, 2.05) is 25.2 Å². The molecule has 0 bridgehead atoms. The molecule has 2 aromatic rings. The third-order valence-corrected chi connectivity index (χ3v) is 3.36. The Labute approximate surface area is 124 Å². The third kappa shape index (κ3) is 4.97. The number of hydrogen-bond donors (Lipinski definition) is 2. The topological polar surface area (TPSA) is 43.7 Å². The van der Waals surface area contributed by atoms with Crippen LogP contribution in [0.4, 0.5) is 4.39 Å². The maximum atomic E-state index is 13.4. The first-order chi connectivity index (χ1) is 10.0. The SMILES string of the molecule is CN(CCc1ccccc1)Cc1cc(F)cc(B(O)O)c1. The third-order valence-electron chi connectivity index (χ3n) is 3.36. The van der Waals surface area contributed by atoms with Gasteiger partial charge in [0.1, 0.15) is 5.82 Å². The van der Waals surface area contributed by atoms with Gasteiger partial charge in [-0.2, -0.15) is 0 Å². The predicted octanol–water partition coefficient (Wildman–Crippen LogP) is 1.18. The summed E-state index contributed by atoms with van der Waals surface area (Å²) in [6.45, 7) is 1.40. The van der Waals surface area contributed by atoms with Crippen LogP contribution in [0.15, 0.2) is 48.5 Å². The van der Waals surface area contributed by atoms with Crippen LogP contribution in [-0.4, -0.2) is 35.7 Å². The minimum atomic E-state index is -1.64.